The van der Waals surface area contributed by atoms with Gasteiger partial charge in [-0.05, 0) is 30.3 Å². The fourth-order valence-corrected chi connectivity index (χ4v) is 2.57. The number of hydrazone groups is 2. The van der Waals surface area contributed by atoms with Gasteiger partial charge in [0, 0.05) is 11.3 Å². The summed E-state index contributed by atoms with van der Waals surface area (Å²) in [4.78, 5) is 0. The lowest BCUT2D eigenvalue weighted by atomic mass is 10.1. The molecule has 122 valence electrons. The van der Waals surface area contributed by atoms with E-state index >= 15 is 0 Å². The second kappa shape index (κ2) is 6.88. The van der Waals surface area contributed by atoms with Crippen LogP contribution in [-0.4, -0.2) is 11.5 Å². The van der Waals surface area contributed by atoms with Crippen LogP contribution in [0.4, 0.5) is 17.1 Å². The van der Waals surface area contributed by atoms with E-state index in [0.717, 1.165) is 28.3 Å². The molecule has 0 spiro atoms. The predicted molar refractivity (Wildman–Crippen MR) is 104 cm³/mol. The minimum Gasteiger partial charge on any atom is -0.336 e. The van der Waals surface area contributed by atoms with Crippen molar-refractivity contribution < 1.29 is 0 Å². The molecular formula is C20H17N5. The summed E-state index contributed by atoms with van der Waals surface area (Å²) in [5.74, 6) is 0.675. The summed E-state index contributed by atoms with van der Waals surface area (Å²) in [6.45, 7) is 0. The van der Waals surface area contributed by atoms with Crippen LogP contribution in [0.2, 0.25) is 0 Å². The van der Waals surface area contributed by atoms with Crippen molar-refractivity contribution in [2.24, 2.45) is 10.2 Å². The van der Waals surface area contributed by atoms with E-state index in [1.165, 1.54) is 0 Å². The van der Waals surface area contributed by atoms with Crippen molar-refractivity contribution >= 4 is 28.6 Å². The summed E-state index contributed by atoms with van der Waals surface area (Å²) in [6, 6.07) is 27.7. The number of hydrogen-bond acceptors (Lipinski definition) is 4. The van der Waals surface area contributed by atoms with E-state index in [1.807, 2.05) is 84.9 Å². The molecule has 3 N–H and O–H groups in total. The van der Waals surface area contributed by atoms with Crippen molar-refractivity contribution in [3.63, 3.8) is 0 Å². The number of rotatable bonds is 4. The van der Waals surface area contributed by atoms with Gasteiger partial charge in [0.1, 0.15) is 5.71 Å². The zero-order valence-electron chi connectivity index (χ0n) is 13.5. The monoisotopic (exact) mass is 327 g/mol. The molecule has 1 aliphatic rings. The first-order chi connectivity index (χ1) is 12.4. The van der Waals surface area contributed by atoms with Gasteiger partial charge in [-0.1, -0.05) is 54.6 Å². The maximum Gasteiger partial charge on any atom is 0.179 e. The average Bonchev–Trinajstić information content (AvgIpc) is 3.04. The Balaban J connectivity index is 1.64. The van der Waals surface area contributed by atoms with E-state index in [-0.39, 0.29) is 0 Å². The van der Waals surface area contributed by atoms with Crippen LogP contribution < -0.4 is 16.2 Å². The van der Waals surface area contributed by atoms with Gasteiger partial charge < -0.3 is 5.32 Å². The first-order valence-electron chi connectivity index (χ1n) is 8.04. The Hall–Kier alpha value is -3.60. The molecule has 0 fully saturated rings. The van der Waals surface area contributed by atoms with Gasteiger partial charge in [0.2, 0.25) is 0 Å². The zero-order chi connectivity index (χ0) is 16.9. The summed E-state index contributed by atoms with van der Waals surface area (Å²) < 4.78 is 0. The maximum atomic E-state index is 4.56. The Kier molecular flexibility index (Phi) is 4.12. The van der Waals surface area contributed by atoms with E-state index in [1.54, 1.807) is 0 Å². The first-order valence-corrected chi connectivity index (χ1v) is 8.04. The number of benzene rings is 3. The van der Waals surface area contributed by atoms with Crippen molar-refractivity contribution in [1.82, 2.24) is 0 Å². The van der Waals surface area contributed by atoms with Crippen molar-refractivity contribution in [1.29, 1.82) is 0 Å². The molecule has 0 saturated carbocycles. The summed E-state index contributed by atoms with van der Waals surface area (Å²) in [5, 5.41) is 12.4. The highest BCUT2D eigenvalue weighted by Gasteiger charge is 2.24. The van der Waals surface area contributed by atoms with Gasteiger partial charge in [0.25, 0.3) is 0 Å². The molecule has 3 aromatic rings. The summed E-state index contributed by atoms with van der Waals surface area (Å²) in [5.41, 5.74) is 10.8. The van der Waals surface area contributed by atoms with Gasteiger partial charge in [-0.25, -0.2) is 0 Å². The Labute approximate surface area is 146 Å². The normalized spacial score (nSPS) is 15.7. The van der Waals surface area contributed by atoms with Gasteiger partial charge in [0.15, 0.2) is 5.84 Å². The van der Waals surface area contributed by atoms with Gasteiger partial charge in [0.05, 0.1) is 11.4 Å². The SMILES string of the molecule is c1ccc(NN=C2Nc3ccccc3C2=NNc2ccccc2)cc1. The van der Waals surface area contributed by atoms with Crippen LogP contribution in [0.15, 0.2) is 95.1 Å². The largest absolute Gasteiger partial charge is 0.336 e. The Morgan fingerprint density at radius 3 is 1.84 bits per heavy atom. The van der Waals surface area contributed by atoms with Gasteiger partial charge in [-0.15, -0.1) is 0 Å². The van der Waals surface area contributed by atoms with Gasteiger partial charge in [-0.3, -0.25) is 10.9 Å². The molecule has 0 unspecified atom stereocenters. The van der Waals surface area contributed by atoms with Crippen LogP contribution in [0.25, 0.3) is 0 Å². The number of nitrogens with zero attached hydrogens (tertiary/aromatic N) is 2. The number of nitrogens with one attached hydrogen (secondary N) is 3. The number of hydrogen-bond donors (Lipinski definition) is 3. The van der Waals surface area contributed by atoms with Crippen LogP contribution in [0, 0.1) is 0 Å². The van der Waals surface area contributed by atoms with Gasteiger partial charge >= 0.3 is 0 Å². The van der Waals surface area contributed by atoms with E-state index in [2.05, 4.69) is 26.4 Å². The molecule has 1 heterocycles. The number of amidine groups is 1. The van der Waals surface area contributed by atoms with E-state index in [0.29, 0.717) is 5.84 Å². The summed E-state index contributed by atoms with van der Waals surface area (Å²) in [7, 11) is 0. The van der Waals surface area contributed by atoms with Crippen molar-refractivity contribution in [2.75, 3.05) is 16.2 Å². The molecule has 0 saturated heterocycles. The lowest BCUT2D eigenvalue weighted by Crippen LogP contribution is -2.18. The third kappa shape index (κ3) is 3.35. The molecule has 5 heteroatoms. The minimum atomic E-state index is 0.675. The van der Waals surface area contributed by atoms with Gasteiger partial charge in [-0.2, -0.15) is 10.2 Å². The standard InChI is InChI=1S/C20H17N5/c1-3-9-15(10-4-1)22-24-19-17-13-7-8-14-18(17)21-20(19)25-23-16-11-5-2-6-12-16/h1-14,22-23H,(H,21,24,25). The molecular weight excluding hydrogens is 310 g/mol. The molecule has 0 bridgehead atoms. The quantitative estimate of drug-likeness (QED) is 0.624. The predicted octanol–water partition coefficient (Wildman–Crippen LogP) is 4.35. The maximum absolute atomic E-state index is 4.56. The lowest BCUT2D eigenvalue weighted by molar-refractivity contribution is 1.32. The number of anilines is 3. The Morgan fingerprint density at radius 2 is 1.16 bits per heavy atom. The third-order valence-electron chi connectivity index (χ3n) is 3.80. The zero-order valence-corrected chi connectivity index (χ0v) is 13.5. The molecule has 5 nitrogen and oxygen atoms in total. The topological polar surface area (TPSA) is 60.8 Å². The molecule has 3 aromatic carbocycles. The van der Waals surface area contributed by atoms with Crippen molar-refractivity contribution in [3.05, 3.63) is 90.5 Å². The summed E-state index contributed by atoms with van der Waals surface area (Å²) in [6.07, 6.45) is 0. The molecule has 0 radical (unpaired) electrons. The molecule has 25 heavy (non-hydrogen) atoms. The highest BCUT2D eigenvalue weighted by molar-refractivity contribution is 6.56. The molecule has 0 amide bonds. The lowest BCUT2D eigenvalue weighted by Gasteiger charge is -2.04. The van der Waals surface area contributed by atoms with Crippen LogP contribution in [0.1, 0.15) is 5.56 Å². The average molecular weight is 327 g/mol. The highest BCUT2D eigenvalue weighted by Crippen LogP contribution is 2.24. The third-order valence-corrected chi connectivity index (χ3v) is 3.80. The Bertz CT molecular complexity index is 917. The second-order valence-electron chi connectivity index (χ2n) is 5.55. The first kappa shape index (κ1) is 15.0. The van der Waals surface area contributed by atoms with Crippen molar-refractivity contribution in [3.8, 4) is 0 Å². The Morgan fingerprint density at radius 1 is 0.600 bits per heavy atom. The second-order valence-corrected chi connectivity index (χ2v) is 5.55. The molecule has 0 aromatic heterocycles. The number of para-hydroxylation sites is 3. The molecule has 4 rings (SSSR count). The minimum absolute atomic E-state index is 0.675. The van der Waals surface area contributed by atoms with E-state index in [4.69, 9.17) is 0 Å². The van der Waals surface area contributed by atoms with Crippen LogP contribution in [0.3, 0.4) is 0 Å². The highest BCUT2D eigenvalue weighted by atomic mass is 15.4. The van der Waals surface area contributed by atoms with Crippen LogP contribution in [-0.2, 0) is 0 Å². The fraction of sp³-hybridized carbons (Fsp3) is 0. The molecule has 1 aliphatic heterocycles. The molecule has 0 aliphatic carbocycles. The van der Waals surface area contributed by atoms with Crippen LogP contribution in [0.5, 0.6) is 0 Å². The van der Waals surface area contributed by atoms with E-state index in [9.17, 15) is 0 Å². The molecule has 0 atom stereocenters. The fourth-order valence-electron chi connectivity index (χ4n) is 2.57. The number of fused-ring (bicyclic) bond motifs is 1. The van der Waals surface area contributed by atoms with E-state index < -0.39 is 0 Å². The van der Waals surface area contributed by atoms with Crippen molar-refractivity contribution in [2.45, 2.75) is 0 Å². The van der Waals surface area contributed by atoms with Crippen LogP contribution >= 0.6 is 0 Å². The smallest absolute Gasteiger partial charge is 0.179 e. The summed E-state index contributed by atoms with van der Waals surface area (Å²) >= 11 is 0.